The van der Waals surface area contributed by atoms with E-state index in [1.165, 1.54) is 16.0 Å². The second-order valence-electron chi connectivity index (χ2n) is 4.69. The molecule has 0 radical (unpaired) electrons. The van der Waals surface area contributed by atoms with Crippen molar-refractivity contribution in [2.75, 3.05) is 6.26 Å². The van der Waals surface area contributed by atoms with Gasteiger partial charge in [0.25, 0.3) is 0 Å². The lowest BCUT2D eigenvalue weighted by molar-refractivity contribution is 0.876. The zero-order valence-electron chi connectivity index (χ0n) is 11.7. The maximum absolute atomic E-state index is 5.99. The Morgan fingerprint density at radius 1 is 1.14 bits per heavy atom. The van der Waals surface area contributed by atoms with Gasteiger partial charge in [-0.3, -0.25) is 0 Å². The molecule has 0 N–H and O–H groups in total. The third-order valence-electron chi connectivity index (χ3n) is 3.30. The van der Waals surface area contributed by atoms with Gasteiger partial charge in [0.1, 0.15) is 12.7 Å². The lowest BCUT2D eigenvalue weighted by Crippen LogP contribution is -1.97. The summed E-state index contributed by atoms with van der Waals surface area (Å²) in [5.74, 6) is 0. The zero-order valence-corrected chi connectivity index (χ0v) is 13.3. The molecular weight excluding hydrogens is 302 g/mol. The van der Waals surface area contributed by atoms with Crippen LogP contribution in [0.3, 0.4) is 0 Å². The minimum atomic E-state index is 0.744. The highest BCUT2D eigenvalue weighted by Gasteiger charge is 2.11. The Balaban J connectivity index is 2.19. The average molecular weight is 316 g/mol. The summed E-state index contributed by atoms with van der Waals surface area (Å²) in [6, 6.07) is 12.2. The molecular formula is C16H14ClN3S. The monoisotopic (exact) mass is 315 g/mol. The number of aromatic nitrogens is 3. The van der Waals surface area contributed by atoms with Crippen LogP contribution < -0.4 is 0 Å². The van der Waals surface area contributed by atoms with E-state index in [0.717, 1.165) is 16.3 Å². The first kappa shape index (κ1) is 14.2. The van der Waals surface area contributed by atoms with Crippen molar-refractivity contribution < 1.29 is 0 Å². The smallest absolute Gasteiger partial charge is 0.138 e. The lowest BCUT2D eigenvalue weighted by atomic mass is 10.0. The van der Waals surface area contributed by atoms with Gasteiger partial charge in [-0.2, -0.15) is 5.10 Å². The zero-order chi connectivity index (χ0) is 14.8. The minimum Gasteiger partial charge on any atom is -0.223 e. The van der Waals surface area contributed by atoms with E-state index in [-0.39, 0.29) is 0 Å². The maximum Gasteiger partial charge on any atom is 0.138 e. The quantitative estimate of drug-likeness (QED) is 0.661. The fourth-order valence-corrected chi connectivity index (χ4v) is 3.25. The first-order chi connectivity index (χ1) is 10.2. The molecule has 0 unspecified atom stereocenters. The summed E-state index contributed by atoms with van der Waals surface area (Å²) in [4.78, 5) is 5.28. The van der Waals surface area contributed by atoms with Crippen LogP contribution in [0.25, 0.3) is 16.8 Å². The SMILES string of the molecule is CSc1c(C)cc(-n2cncn2)cc1-c1ccc(Cl)cc1. The average Bonchev–Trinajstić information content (AvgIpc) is 3.01. The first-order valence-corrected chi connectivity index (χ1v) is 8.09. The van der Waals surface area contributed by atoms with Gasteiger partial charge in [-0.1, -0.05) is 23.7 Å². The molecule has 0 atom stereocenters. The van der Waals surface area contributed by atoms with E-state index in [0.29, 0.717) is 0 Å². The van der Waals surface area contributed by atoms with Gasteiger partial charge in [-0.15, -0.1) is 11.8 Å². The molecule has 0 saturated heterocycles. The van der Waals surface area contributed by atoms with Crippen molar-refractivity contribution in [3.63, 3.8) is 0 Å². The summed E-state index contributed by atoms with van der Waals surface area (Å²) >= 11 is 7.74. The summed E-state index contributed by atoms with van der Waals surface area (Å²) in [6.07, 6.45) is 5.34. The number of hydrogen-bond acceptors (Lipinski definition) is 3. The van der Waals surface area contributed by atoms with Crippen LogP contribution in [-0.4, -0.2) is 21.0 Å². The van der Waals surface area contributed by atoms with Crippen LogP contribution >= 0.6 is 23.4 Å². The Bertz CT molecular complexity index is 752. The third kappa shape index (κ3) is 2.82. The summed E-state index contributed by atoms with van der Waals surface area (Å²) in [7, 11) is 0. The molecule has 1 aromatic heterocycles. The minimum absolute atomic E-state index is 0.744. The van der Waals surface area contributed by atoms with Crippen molar-refractivity contribution in [1.29, 1.82) is 0 Å². The van der Waals surface area contributed by atoms with E-state index in [4.69, 9.17) is 11.6 Å². The van der Waals surface area contributed by atoms with Gasteiger partial charge in [-0.25, -0.2) is 9.67 Å². The normalized spacial score (nSPS) is 10.8. The fraction of sp³-hybridized carbons (Fsp3) is 0.125. The van der Waals surface area contributed by atoms with Crippen LogP contribution in [0.2, 0.25) is 5.02 Å². The van der Waals surface area contributed by atoms with Gasteiger partial charge in [0.2, 0.25) is 0 Å². The number of hydrogen-bond donors (Lipinski definition) is 0. The third-order valence-corrected chi connectivity index (χ3v) is 4.50. The van der Waals surface area contributed by atoms with E-state index < -0.39 is 0 Å². The van der Waals surface area contributed by atoms with Crippen LogP contribution in [0.4, 0.5) is 0 Å². The van der Waals surface area contributed by atoms with E-state index in [9.17, 15) is 0 Å². The van der Waals surface area contributed by atoms with Crippen molar-refractivity contribution in [2.24, 2.45) is 0 Å². The van der Waals surface area contributed by atoms with Crippen molar-refractivity contribution in [3.05, 3.63) is 59.6 Å². The number of nitrogens with zero attached hydrogens (tertiary/aromatic N) is 3. The van der Waals surface area contributed by atoms with Crippen molar-refractivity contribution in [2.45, 2.75) is 11.8 Å². The maximum atomic E-state index is 5.99. The Labute approximate surface area is 133 Å². The molecule has 21 heavy (non-hydrogen) atoms. The molecule has 1 heterocycles. The molecule has 0 amide bonds. The van der Waals surface area contributed by atoms with Crippen LogP contribution in [0.5, 0.6) is 0 Å². The van der Waals surface area contributed by atoms with Crippen LogP contribution in [0.15, 0.2) is 53.9 Å². The molecule has 0 aliphatic rings. The Kier molecular flexibility index (Phi) is 3.99. The topological polar surface area (TPSA) is 30.7 Å². The highest BCUT2D eigenvalue weighted by Crippen LogP contribution is 2.35. The van der Waals surface area contributed by atoms with E-state index >= 15 is 0 Å². The molecule has 3 nitrogen and oxygen atoms in total. The van der Waals surface area contributed by atoms with Gasteiger partial charge in [0.05, 0.1) is 5.69 Å². The van der Waals surface area contributed by atoms with Crippen molar-refractivity contribution in [1.82, 2.24) is 14.8 Å². The molecule has 3 aromatic rings. The van der Waals surface area contributed by atoms with Gasteiger partial charge in [0.15, 0.2) is 0 Å². The highest BCUT2D eigenvalue weighted by molar-refractivity contribution is 7.98. The summed E-state index contributed by atoms with van der Waals surface area (Å²) in [5, 5.41) is 4.95. The fourth-order valence-electron chi connectivity index (χ4n) is 2.34. The second-order valence-corrected chi connectivity index (χ2v) is 5.94. The molecule has 3 rings (SSSR count). The summed E-state index contributed by atoms with van der Waals surface area (Å²) in [5.41, 5.74) is 4.56. The van der Waals surface area contributed by atoms with E-state index in [1.807, 2.05) is 24.3 Å². The molecule has 0 aliphatic carbocycles. The van der Waals surface area contributed by atoms with Gasteiger partial charge >= 0.3 is 0 Å². The number of rotatable bonds is 3. The highest BCUT2D eigenvalue weighted by atomic mass is 35.5. The number of thioether (sulfide) groups is 1. The molecule has 0 fully saturated rings. The van der Waals surface area contributed by atoms with Gasteiger partial charge < -0.3 is 0 Å². The molecule has 2 aromatic carbocycles. The van der Waals surface area contributed by atoms with Crippen LogP contribution in [-0.2, 0) is 0 Å². The van der Waals surface area contributed by atoms with Crippen molar-refractivity contribution in [3.8, 4) is 16.8 Å². The van der Waals surface area contributed by atoms with Crippen molar-refractivity contribution >= 4 is 23.4 Å². The predicted molar refractivity (Wildman–Crippen MR) is 88.3 cm³/mol. The summed E-state index contributed by atoms with van der Waals surface area (Å²) < 4.78 is 1.77. The molecule has 0 spiro atoms. The number of aryl methyl sites for hydroxylation is 1. The molecule has 0 bridgehead atoms. The van der Waals surface area contributed by atoms with E-state index in [2.05, 4.69) is 35.4 Å². The molecule has 106 valence electrons. The van der Waals surface area contributed by atoms with E-state index in [1.54, 1.807) is 29.1 Å². The van der Waals surface area contributed by atoms with Crippen LogP contribution in [0.1, 0.15) is 5.56 Å². The largest absolute Gasteiger partial charge is 0.223 e. The molecule has 5 heteroatoms. The Morgan fingerprint density at radius 3 is 2.52 bits per heavy atom. The number of halogens is 1. The first-order valence-electron chi connectivity index (χ1n) is 6.48. The number of benzene rings is 2. The predicted octanol–water partition coefficient (Wildman–Crippen LogP) is 4.62. The van der Waals surface area contributed by atoms with Crippen LogP contribution in [0, 0.1) is 6.92 Å². The summed E-state index contributed by atoms with van der Waals surface area (Å²) in [6.45, 7) is 2.12. The molecule has 0 aliphatic heterocycles. The Hall–Kier alpha value is -1.78. The molecule has 0 saturated carbocycles. The standard InChI is InChI=1S/C16H14ClN3S/c1-11-7-14(20-10-18-9-19-20)8-15(16(11)21-2)12-3-5-13(17)6-4-12/h3-10H,1-2H3. The second kappa shape index (κ2) is 5.92. The lowest BCUT2D eigenvalue weighted by Gasteiger charge is -2.14. The van der Waals surface area contributed by atoms with Gasteiger partial charge in [-0.05, 0) is 54.1 Å². The Morgan fingerprint density at radius 2 is 1.90 bits per heavy atom. The van der Waals surface area contributed by atoms with Gasteiger partial charge in [0, 0.05) is 9.92 Å².